The van der Waals surface area contributed by atoms with Crippen LogP contribution in [-0.4, -0.2) is 12.5 Å². The van der Waals surface area contributed by atoms with Gasteiger partial charge in [0.25, 0.3) is 0 Å². The Labute approximate surface area is 116 Å². The molecule has 0 radical (unpaired) electrons. The van der Waals surface area contributed by atoms with Crippen LogP contribution in [-0.2, 0) is 11.3 Å². The van der Waals surface area contributed by atoms with Gasteiger partial charge < -0.3 is 10.6 Å². The molecule has 0 aliphatic carbocycles. The van der Waals surface area contributed by atoms with Crippen LogP contribution in [0.5, 0.6) is 0 Å². The molecule has 1 amide bonds. The van der Waals surface area contributed by atoms with Crippen LogP contribution in [0, 0.1) is 5.92 Å². The number of carbonyl (C=O) groups excluding carboxylic acids is 1. The van der Waals surface area contributed by atoms with Crippen molar-refractivity contribution >= 4 is 11.6 Å². The number of rotatable bonds is 7. The quantitative estimate of drug-likeness (QED) is 0.819. The molecule has 0 fully saturated rings. The molecular weight excluding hydrogens is 236 g/mol. The van der Waals surface area contributed by atoms with E-state index in [0.29, 0.717) is 6.54 Å². The van der Waals surface area contributed by atoms with E-state index in [1.165, 1.54) is 0 Å². The molecule has 1 aromatic carbocycles. The van der Waals surface area contributed by atoms with Gasteiger partial charge in [0.05, 0.1) is 0 Å². The molecule has 3 nitrogen and oxygen atoms in total. The van der Waals surface area contributed by atoms with Gasteiger partial charge in [0, 0.05) is 24.7 Å². The van der Waals surface area contributed by atoms with Gasteiger partial charge in [0.2, 0.25) is 5.91 Å². The molecule has 1 atom stereocenters. The van der Waals surface area contributed by atoms with E-state index in [0.717, 1.165) is 37.1 Å². The summed E-state index contributed by atoms with van der Waals surface area (Å²) in [5.74, 6) is 0.315. The number of carbonyl (C=O) groups is 1. The molecule has 0 heterocycles. The summed E-state index contributed by atoms with van der Waals surface area (Å²) in [6.45, 7) is 7.54. The van der Waals surface area contributed by atoms with Gasteiger partial charge in [0.1, 0.15) is 0 Å². The highest BCUT2D eigenvalue weighted by Crippen LogP contribution is 2.20. The number of hydrogen-bond donors (Lipinski definition) is 1. The van der Waals surface area contributed by atoms with Gasteiger partial charge in [-0.15, -0.1) is 0 Å². The van der Waals surface area contributed by atoms with Crippen LogP contribution in [0.25, 0.3) is 0 Å². The van der Waals surface area contributed by atoms with Gasteiger partial charge in [-0.2, -0.15) is 0 Å². The molecule has 106 valence electrons. The summed E-state index contributed by atoms with van der Waals surface area (Å²) in [6, 6.07) is 7.98. The molecule has 0 spiro atoms. The number of nitrogens with zero attached hydrogens (tertiary/aromatic N) is 1. The molecule has 3 heteroatoms. The van der Waals surface area contributed by atoms with Crippen LogP contribution in [0.1, 0.15) is 45.6 Å². The maximum atomic E-state index is 12.5. The van der Waals surface area contributed by atoms with E-state index in [1.54, 1.807) is 0 Å². The number of amides is 1. The predicted molar refractivity (Wildman–Crippen MR) is 81.0 cm³/mol. The van der Waals surface area contributed by atoms with E-state index in [4.69, 9.17) is 5.73 Å². The molecule has 1 unspecified atom stereocenters. The Bertz CT molecular complexity index is 386. The zero-order chi connectivity index (χ0) is 14.3. The predicted octanol–water partition coefficient (Wildman–Crippen LogP) is 3.32. The Morgan fingerprint density at radius 2 is 1.84 bits per heavy atom. The smallest absolute Gasteiger partial charge is 0.229 e. The van der Waals surface area contributed by atoms with Crippen LogP contribution in [0.15, 0.2) is 24.3 Å². The van der Waals surface area contributed by atoms with Crippen molar-refractivity contribution in [3.8, 4) is 0 Å². The number of anilines is 1. The second-order valence-electron chi connectivity index (χ2n) is 5.05. The molecular formula is C16H26N2O. The van der Waals surface area contributed by atoms with Gasteiger partial charge in [-0.05, 0) is 30.5 Å². The van der Waals surface area contributed by atoms with Crippen molar-refractivity contribution < 1.29 is 4.79 Å². The molecule has 0 saturated heterocycles. The summed E-state index contributed by atoms with van der Waals surface area (Å²) in [7, 11) is 0. The minimum absolute atomic E-state index is 0.0886. The van der Waals surface area contributed by atoms with Crippen molar-refractivity contribution in [2.75, 3.05) is 11.4 Å². The maximum absolute atomic E-state index is 12.5. The first-order chi connectivity index (χ1) is 9.13. The molecule has 0 saturated carbocycles. The van der Waals surface area contributed by atoms with E-state index < -0.39 is 0 Å². The van der Waals surface area contributed by atoms with Gasteiger partial charge in [-0.1, -0.05) is 39.3 Å². The summed E-state index contributed by atoms with van der Waals surface area (Å²) in [5, 5.41) is 0. The number of hydrogen-bond acceptors (Lipinski definition) is 2. The molecule has 0 aromatic heterocycles. The lowest BCUT2D eigenvalue weighted by Crippen LogP contribution is -2.35. The van der Waals surface area contributed by atoms with Crippen molar-refractivity contribution in [3.63, 3.8) is 0 Å². The largest absolute Gasteiger partial charge is 0.326 e. The number of nitrogens with two attached hydrogens (primary N) is 1. The van der Waals surface area contributed by atoms with E-state index in [9.17, 15) is 4.79 Å². The highest BCUT2D eigenvalue weighted by atomic mass is 16.2. The van der Waals surface area contributed by atoms with E-state index >= 15 is 0 Å². The third-order valence-electron chi connectivity index (χ3n) is 3.34. The average Bonchev–Trinajstić information content (AvgIpc) is 2.44. The minimum Gasteiger partial charge on any atom is -0.326 e. The van der Waals surface area contributed by atoms with E-state index in [-0.39, 0.29) is 11.8 Å². The van der Waals surface area contributed by atoms with E-state index in [2.05, 4.69) is 13.8 Å². The van der Waals surface area contributed by atoms with Gasteiger partial charge in [0.15, 0.2) is 0 Å². The summed E-state index contributed by atoms with van der Waals surface area (Å²) < 4.78 is 0. The molecule has 1 rings (SSSR count). The Kier molecular flexibility index (Phi) is 6.57. The Morgan fingerprint density at radius 1 is 1.21 bits per heavy atom. The van der Waals surface area contributed by atoms with Gasteiger partial charge >= 0.3 is 0 Å². The SMILES string of the molecule is CCCC(C)C(=O)N(CCC)c1ccc(CN)cc1. The fourth-order valence-corrected chi connectivity index (χ4v) is 2.22. The fourth-order valence-electron chi connectivity index (χ4n) is 2.22. The standard InChI is InChI=1S/C16H26N2O/c1-4-6-13(3)16(19)18(11-5-2)15-9-7-14(12-17)8-10-15/h7-10,13H,4-6,11-12,17H2,1-3H3. The second-order valence-corrected chi connectivity index (χ2v) is 5.05. The van der Waals surface area contributed by atoms with Gasteiger partial charge in [-0.3, -0.25) is 4.79 Å². The summed E-state index contributed by atoms with van der Waals surface area (Å²) in [6.07, 6.45) is 2.95. The topological polar surface area (TPSA) is 46.3 Å². The first kappa shape index (κ1) is 15.7. The minimum atomic E-state index is 0.0886. The lowest BCUT2D eigenvalue weighted by atomic mass is 10.0. The fraction of sp³-hybridized carbons (Fsp3) is 0.562. The van der Waals surface area contributed by atoms with Crippen LogP contribution >= 0.6 is 0 Å². The van der Waals surface area contributed by atoms with E-state index in [1.807, 2.05) is 36.1 Å². The molecule has 19 heavy (non-hydrogen) atoms. The second kappa shape index (κ2) is 7.95. The summed E-state index contributed by atoms with van der Waals surface area (Å²) in [5.41, 5.74) is 7.67. The highest BCUT2D eigenvalue weighted by Gasteiger charge is 2.20. The molecule has 0 aliphatic heterocycles. The zero-order valence-corrected chi connectivity index (χ0v) is 12.4. The van der Waals surface area contributed by atoms with Crippen LogP contribution in [0.2, 0.25) is 0 Å². The molecule has 0 aliphatic rings. The van der Waals surface area contributed by atoms with Crippen LogP contribution in [0.3, 0.4) is 0 Å². The summed E-state index contributed by atoms with van der Waals surface area (Å²) in [4.78, 5) is 14.4. The molecule has 1 aromatic rings. The maximum Gasteiger partial charge on any atom is 0.229 e. The Hall–Kier alpha value is -1.35. The average molecular weight is 262 g/mol. The summed E-state index contributed by atoms with van der Waals surface area (Å²) >= 11 is 0. The molecule has 2 N–H and O–H groups in total. The lowest BCUT2D eigenvalue weighted by Gasteiger charge is -2.25. The van der Waals surface area contributed by atoms with Crippen molar-refractivity contribution in [2.24, 2.45) is 11.7 Å². The first-order valence-corrected chi connectivity index (χ1v) is 7.24. The Morgan fingerprint density at radius 3 is 2.32 bits per heavy atom. The zero-order valence-electron chi connectivity index (χ0n) is 12.4. The van der Waals surface area contributed by atoms with Crippen molar-refractivity contribution in [1.29, 1.82) is 0 Å². The van der Waals surface area contributed by atoms with Crippen molar-refractivity contribution in [1.82, 2.24) is 0 Å². The monoisotopic (exact) mass is 262 g/mol. The third kappa shape index (κ3) is 4.35. The number of benzene rings is 1. The normalized spacial score (nSPS) is 12.2. The lowest BCUT2D eigenvalue weighted by molar-refractivity contribution is -0.122. The Balaban J connectivity index is 2.88. The van der Waals surface area contributed by atoms with Crippen molar-refractivity contribution in [2.45, 2.75) is 46.6 Å². The highest BCUT2D eigenvalue weighted by molar-refractivity contribution is 5.94. The van der Waals surface area contributed by atoms with Crippen LogP contribution < -0.4 is 10.6 Å². The first-order valence-electron chi connectivity index (χ1n) is 7.24. The molecule has 0 bridgehead atoms. The van der Waals surface area contributed by atoms with Gasteiger partial charge in [-0.25, -0.2) is 0 Å². The third-order valence-corrected chi connectivity index (χ3v) is 3.34. The van der Waals surface area contributed by atoms with Crippen molar-refractivity contribution in [3.05, 3.63) is 29.8 Å². The van der Waals surface area contributed by atoms with Crippen LogP contribution in [0.4, 0.5) is 5.69 Å².